The standard InChI is InChI=1S/C8H6ClF3N4O3S/c1-16-3-13-7(6(16)9)20(17,18)15-5-2-4(14-19-5)8(10,11)12/h2-3,15H,1H3. The Morgan fingerprint density at radius 1 is 1.45 bits per heavy atom. The highest BCUT2D eigenvalue weighted by Crippen LogP contribution is 2.30. The van der Waals surface area contributed by atoms with Crippen LogP contribution in [0.25, 0.3) is 0 Å². The second-order valence-electron chi connectivity index (χ2n) is 3.63. The predicted octanol–water partition coefficient (Wildman–Crippen LogP) is 1.88. The van der Waals surface area contributed by atoms with Gasteiger partial charge in [-0.05, 0) is 0 Å². The molecule has 0 aromatic carbocycles. The third-order valence-electron chi connectivity index (χ3n) is 2.12. The first-order chi connectivity index (χ1) is 9.11. The summed E-state index contributed by atoms with van der Waals surface area (Å²) in [5.74, 6) is -0.695. The molecule has 20 heavy (non-hydrogen) atoms. The molecule has 0 aliphatic carbocycles. The van der Waals surface area contributed by atoms with Crippen molar-refractivity contribution < 1.29 is 26.1 Å². The van der Waals surface area contributed by atoms with Gasteiger partial charge in [-0.2, -0.15) is 21.6 Å². The van der Waals surface area contributed by atoms with Gasteiger partial charge >= 0.3 is 6.18 Å². The van der Waals surface area contributed by atoms with Gasteiger partial charge in [0.2, 0.25) is 10.9 Å². The summed E-state index contributed by atoms with van der Waals surface area (Å²) in [6, 6.07) is 0.411. The summed E-state index contributed by atoms with van der Waals surface area (Å²) in [6.45, 7) is 0. The lowest BCUT2D eigenvalue weighted by atomic mass is 10.4. The molecule has 0 atom stereocenters. The second kappa shape index (κ2) is 4.66. The molecule has 0 amide bonds. The Hall–Kier alpha value is -1.75. The first-order valence-corrected chi connectivity index (χ1v) is 6.71. The number of imidazole rings is 1. The van der Waals surface area contributed by atoms with Crippen molar-refractivity contribution in [2.24, 2.45) is 7.05 Å². The van der Waals surface area contributed by atoms with Crippen LogP contribution >= 0.6 is 11.6 Å². The summed E-state index contributed by atoms with van der Waals surface area (Å²) in [7, 11) is -2.82. The molecule has 0 aliphatic heterocycles. The second-order valence-corrected chi connectivity index (χ2v) is 5.59. The number of alkyl halides is 3. The van der Waals surface area contributed by atoms with Gasteiger partial charge in [-0.1, -0.05) is 16.8 Å². The number of anilines is 1. The van der Waals surface area contributed by atoms with Gasteiger partial charge in [-0.15, -0.1) is 0 Å². The third kappa shape index (κ3) is 2.72. The fourth-order valence-electron chi connectivity index (χ4n) is 1.21. The summed E-state index contributed by atoms with van der Waals surface area (Å²) >= 11 is 5.69. The van der Waals surface area contributed by atoms with Gasteiger partial charge in [0, 0.05) is 13.1 Å². The molecule has 12 heteroatoms. The molecular weight excluding hydrogens is 325 g/mol. The van der Waals surface area contributed by atoms with E-state index in [4.69, 9.17) is 11.6 Å². The van der Waals surface area contributed by atoms with Crippen molar-refractivity contribution in [3.8, 4) is 0 Å². The number of hydrogen-bond donors (Lipinski definition) is 1. The lowest BCUT2D eigenvalue weighted by Crippen LogP contribution is -2.13. The van der Waals surface area contributed by atoms with Gasteiger partial charge < -0.3 is 9.09 Å². The van der Waals surface area contributed by atoms with E-state index in [1.54, 1.807) is 4.72 Å². The maximum absolute atomic E-state index is 12.3. The number of aromatic nitrogens is 3. The quantitative estimate of drug-likeness (QED) is 0.928. The minimum Gasteiger partial charge on any atom is -0.337 e. The molecule has 0 unspecified atom stereocenters. The summed E-state index contributed by atoms with van der Waals surface area (Å²) in [5.41, 5.74) is -1.36. The summed E-state index contributed by atoms with van der Waals surface area (Å²) in [4.78, 5) is 3.53. The Morgan fingerprint density at radius 2 is 2.10 bits per heavy atom. The van der Waals surface area contributed by atoms with Crippen molar-refractivity contribution in [2.75, 3.05) is 4.72 Å². The number of halogens is 4. The van der Waals surface area contributed by atoms with E-state index >= 15 is 0 Å². The summed E-state index contributed by atoms with van der Waals surface area (Å²) < 4.78 is 67.8. The van der Waals surface area contributed by atoms with Gasteiger partial charge in [-0.3, -0.25) is 0 Å². The highest BCUT2D eigenvalue weighted by atomic mass is 35.5. The van der Waals surface area contributed by atoms with Crippen LogP contribution in [0.15, 0.2) is 21.9 Å². The van der Waals surface area contributed by atoms with Crippen LogP contribution in [0, 0.1) is 0 Å². The monoisotopic (exact) mass is 330 g/mol. The molecule has 1 N–H and O–H groups in total. The van der Waals surface area contributed by atoms with E-state index in [0.717, 1.165) is 6.33 Å². The van der Waals surface area contributed by atoms with Crippen molar-refractivity contribution in [3.63, 3.8) is 0 Å². The summed E-state index contributed by atoms with van der Waals surface area (Å²) in [6.07, 6.45) is -3.60. The number of aryl methyl sites for hydroxylation is 1. The molecular formula is C8H6ClF3N4O3S. The van der Waals surface area contributed by atoms with Gasteiger partial charge in [0.25, 0.3) is 10.0 Å². The Kier molecular flexibility index (Phi) is 3.42. The molecule has 0 fully saturated rings. The number of sulfonamides is 1. The topological polar surface area (TPSA) is 90.0 Å². The zero-order chi connectivity index (χ0) is 15.1. The lowest BCUT2D eigenvalue weighted by Gasteiger charge is -2.02. The van der Waals surface area contributed by atoms with Crippen LogP contribution in [0.1, 0.15) is 5.69 Å². The van der Waals surface area contributed by atoms with E-state index in [1.165, 1.54) is 11.6 Å². The van der Waals surface area contributed by atoms with Gasteiger partial charge in [0.15, 0.2) is 5.69 Å². The van der Waals surface area contributed by atoms with Crippen LogP contribution in [-0.2, 0) is 23.2 Å². The van der Waals surface area contributed by atoms with Crippen LogP contribution in [0.5, 0.6) is 0 Å². The van der Waals surface area contributed by atoms with Gasteiger partial charge in [0.05, 0.1) is 6.33 Å². The Balaban J connectivity index is 2.30. The Labute approximate surface area is 115 Å². The molecule has 0 saturated carbocycles. The Bertz CT molecular complexity index is 736. The molecule has 7 nitrogen and oxygen atoms in total. The van der Waals surface area contributed by atoms with Gasteiger partial charge in [-0.25, -0.2) is 9.71 Å². The van der Waals surface area contributed by atoms with E-state index in [-0.39, 0.29) is 5.15 Å². The lowest BCUT2D eigenvalue weighted by molar-refractivity contribution is -0.142. The van der Waals surface area contributed by atoms with Crippen molar-refractivity contribution in [2.45, 2.75) is 11.2 Å². The highest BCUT2D eigenvalue weighted by molar-refractivity contribution is 7.92. The molecule has 0 aliphatic rings. The van der Waals surface area contributed by atoms with E-state index in [0.29, 0.717) is 6.07 Å². The minimum atomic E-state index is -4.74. The predicted molar refractivity (Wildman–Crippen MR) is 60.5 cm³/mol. The number of rotatable bonds is 3. The fourth-order valence-corrected chi connectivity index (χ4v) is 2.62. The molecule has 0 saturated heterocycles. The van der Waals surface area contributed by atoms with Crippen molar-refractivity contribution in [3.05, 3.63) is 23.2 Å². The first-order valence-electron chi connectivity index (χ1n) is 4.85. The zero-order valence-electron chi connectivity index (χ0n) is 9.64. The van der Waals surface area contributed by atoms with E-state index < -0.39 is 32.8 Å². The van der Waals surface area contributed by atoms with Crippen LogP contribution in [0.3, 0.4) is 0 Å². The minimum absolute atomic E-state index is 0.201. The van der Waals surface area contributed by atoms with Crippen LogP contribution < -0.4 is 4.72 Å². The molecule has 2 rings (SSSR count). The average Bonchev–Trinajstić information content (AvgIpc) is 2.86. The maximum Gasteiger partial charge on any atom is 0.436 e. The molecule has 0 radical (unpaired) electrons. The third-order valence-corrected chi connectivity index (χ3v) is 3.96. The zero-order valence-corrected chi connectivity index (χ0v) is 11.2. The fraction of sp³-hybridized carbons (Fsp3) is 0.250. The molecule has 0 bridgehead atoms. The number of hydrogen-bond acceptors (Lipinski definition) is 5. The normalized spacial score (nSPS) is 12.7. The first kappa shape index (κ1) is 14.7. The van der Waals surface area contributed by atoms with Crippen LogP contribution in [0.2, 0.25) is 5.15 Å². The van der Waals surface area contributed by atoms with E-state index in [2.05, 4.69) is 14.7 Å². The molecule has 110 valence electrons. The molecule has 2 aromatic heterocycles. The van der Waals surface area contributed by atoms with Crippen molar-refractivity contribution in [1.29, 1.82) is 0 Å². The number of nitrogens with zero attached hydrogens (tertiary/aromatic N) is 3. The maximum atomic E-state index is 12.3. The molecule has 2 aromatic rings. The van der Waals surface area contributed by atoms with E-state index in [9.17, 15) is 21.6 Å². The molecule has 0 spiro atoms. The SMILES string of the molecule is Cn1cnc(S(=O)(=O)Nc2cc(C(F)(F)F)no2)c1Cl. The van der Waals surface area contributed by atoms with Crippen molar-refractivity contribution in [1.82, 2.24) is 14.7 Å². The van der Waals surface area contributed by atoms with Gasteiger partial charge in [0.1, 0.15) is 5.15 Å². The Morgan fingerprint density at radius 3 is 2.55 bits per heavy atom. The average molecular weight is 331 g/mol. The van der Waals surface area contributed by atoms with E-state index in [1.807, 2.05) is 0 Å². The smallest absolute Gasteiger partial charge is 0.337 e. The number of nitrogens with one attached hydrogen (secondary N) is 1. The van der Waals surface area contributed by atoms with Crippen LogP contribution in [-0.4, -0.2) is 23.1 Å². The largest absolute Gasteiger partial charge is 0.436 e. The highest BCUT2D eigenvalue weighted by Gasteiger charge is 2.36. The molecule has 2 heterocycles. The summed E-state index contributed by atoms with van der Waals surface area (Å²) in [5, 5.41) is 1.97. The van der Waals surface area contributed by atoms with Crippen LogP contribution in [0.4, 0.5) is 19.1 Å². The van der Waals surface area contributed by atoms with Crippen molar-refractivity contribution >= 4 is 27.5 Å².